The maximum Gasteiger partial charge on any atom is 0.230 e. The SMILES string of the molecule is CN1CCN(C(=O)C2CCCCC2C(=O)N2CCc3ccccc32)CC1. The van der Waals surface area contributed by atoms with Crippen molar-refractivity contribution >= 4 is 17.5 Å². The molecule has 0 N–H and O–H groups in total. The van der Waals surface area contributed by atoms with E-state index in [-0.39, 0.29) is 23.7 Å². The molecule has 2 amide bonds. The number of piperazine rings is 1. The number of fused-ring (bicyclic) bond motifs is 1. The highest BCUT2D eigenvalue weighted by Gasteiger charge is 2.41. The van der Waals surface area contributed by atoms with Crippen LogP contribution in [-0.2, 0) is 16.0 Å². The molecule has 5 nitrogen and oxygen atoms in total. The highest BCUT2D eigenvalue weighted by atomic mass is 16.2. The minimum Gasteiger partial charge on any atom is -0.340 e. The number of para-hydroxylation sites is 1. The predicted molar refractivity (Wildman–Crippen MR) is 102 cm³/mol. The molecule has 140 valence electrons. The second-order valence-electron chi connectivity index (χ2n) is 7.99. The molecule has 0 aromatic heterocycles. The highest BCUT2D eigenvalue weighted by Crippen LogP contribution is 2.36. The van der Waals surface area contributed by atoms with Crippen LogP contribution in [-0.4, -0.2) is 61.4 Å². The zero-order chi connectivity index (χ0) is 18.1. The minimum atomic E-state index is -0.151. The molecule has 2 heterocycles. The lowest BCUT2D eigenvalue weighted by atomic mass is 9.77. The number of carbonyl (C=O) groups excluding carboxylic acids is 2. The second-order valence-corrected chi connectivity index (χ2v) is 7.99. The molecule has 2 aliphatic heterocycles. The number of carbonyl (C=O) groups is 2. The van der Waals surface area contributed by atoms with E-state index < -0.39 is 0 Å². The maximum atomic E-state index is 13.4. The van der Waals surface area contributed by atoms with Crippen LogP contribution < -0.4 is 4.90 Å². The second kappa shape index (κ2) is 7.39. The van der Waals surface area contributed by atoms with Gasteiger partial charge in [-0.2, -0.15) is 0 Å². The Morgan fingerprint density at radius 2 is 1.54 bits per heavy atom. The van der Waals surface area contributed by atoms with E-state index in [0.717, 1.165) is 70.5 Å². The Morgan fingerprint density at radius 1 is 0.885 bits per heavy atom. The molecule has 1 aromatic carbocycles. The number of hydrogen-bond donors (Lipinski definition) is 0. The summed E-state index contributed by atoms with van der Waals surface area (Å²) >= 11 is 0. The number of amides is 2. The van der Waals surface area contributed by atoms with Crippen LogP contribution in [0.1, 0.15) is 31.2 Å². The van der Waals surface area contributed by atoms with Gasteiger partial charge in [0.25, 0.3) is 0 Å². The number of nitrogens with zero attached hydrogens (tertiary/aromatic N) is 3. The molecule has 1 aliphatic carbocycles. The highest BCUT2D eigenvalue weighted by molar-refractivity contribution is 5.99. The van der Waals surface area contributed by atoms with Crippen LogP contribution in [0.25, 0.3) is 0 Å². The molecule has 1 saturated carbocycles. The Bertz CT molecular complexity index is 682. The first-order valence-electron chi connectivity index (χ1n) is 10.0. The molecule has 0 bridgehead atoms. The van der Waals surface area contributed by atoms with Crippen LogP contribution in [0.15, 0.2) is 24.3 Å². The van der Waals surface area contributed by atoms with Gasteiger partial charge in [0.2, 0.25) is 11.8 Å². The standard InChI is InChI=1S/C21H29N3O2/c1-22-12-14-23(15-13-22)20(25)17-7-3-4-8-18(17)21(26)24-11-10-16-6-2-5-9-19(16)24/h2,5-6,9,17-18H,3-4,7-8,10-15H2,1H3. The average Bonchev–Trinajstić information content (AvgIpc) is 3.11. The fourth-order valence-electron chi connectivity index (χ4n) is 4.75. The first kappa shape index (κ1) is 17.5. The van der Waals surface area contributed by atoms with Gasteiger partial charge in [-0.3, -0.25) is 9.59 Å². The molecule has 5 heteroatoms. The van der Waals surface area contributed by atoms with Crippen molar-refractivity contribution in [2.75, 3.05) is 44.7 Å². The molecular formula is C21H29N3O2. The largest absolute Gasteiger partial charge is 0.340 e. The summed E-state index contributed by atoms with van der Waals surface area (Å²) in [6.45, 7) is 4.19. The third kappa shape index (κ3) is 3.25. The average molecular weight is 355 g/mol. The summed E-state index contributed by atoms with van der Waals surface area (Å²) < 4.78 is 0. The summed E-state index contributed by atoms with van der Waals surface area (Å²) in [5, 5.41) is 0. The van der Waals surface area contributed by atoms with Crippen molar-refractivity contribution < 1.29 is 9.59 Å². The van der Waals surface area contributed by atoms with Gasteiger partial charge >= 0.3 is 0 Å². The van der Waals surface area contributed by atoms with Gasteiger partial charge in [0.15, 0.2) is 0 Å². The number of likely N-dealkylation sites (N-methyl/N-ethyl adjacent to an activating group) is 1. The van der Waals surface area contributed by atoms with Gasteiger partial charge in [-0.05, 0) is 37.9 Å². The summed E-state index contributed by atoms with van der Waals surface area (Å²) in [5.74, 6) is 0.0974. The molecule has 0 spiro atoms. The summed E-state index contributed by atoms with van der Waals surface area (Å²) in [6.07, 6.45) is 4.74. The number of hydrogen-bond acceptors (Lipinski definition) is 3. The van der Waals surface area contributed by atoms with Gasteiger partial charge in [0.1, 0.15) is 0 Å². The van der Waals surface area contributed by atoms with E-state index in [0.29, 0.717) is 0 Å². The summed E-state index contributed by atoms with van der Waals surface area (Å²) in [4.78, 5) is 32.7. The molecular weight excluding hydrogens is 326 g/mol. The lowest BCUT2D eigenvalue weighted by Crippen LogP contribution is -2.52. The molecule has 1 aromatic rings. The number of benzene rings is 1. The number of anilines is 1. The molecule has 3 aliphatic rings. The first-order chi connectivity index (χ1) is 12.6. The van der Waals surface area contributed by atoms with Crippen molar-refractivity contribution in [2.45, 2.75) is 32.1 Å². The predicted octanol–water partition coefficient (Wildman–Crippen LogP) is 2.16. The first-order valence-corrected chi connectivity index (χ1v) is 10.0. The molecule has 2 atom stereocenters. The third-order valence-electron chi connectivity index (χ3n) is 6.37. The lowest BCUT2D eigenvalue weighted by molar-refractivity contribution is -0.144. The Balaban J connectivity index is 1.51. The van der Waals surface area contributed by atoms with Crippen LogP contribution in [0, 0.1) is 11.8 Å². The van der Waals surface area contributed by atoms with Crippen LogP contribution in [0.2, 0.25) is 0 Å². The molecule has 2 fully saturated rings. The summed E-state index contributed by atoms with van der Waals surface area (Å²) in [7, 11) is 2.10. The van der Waals surface area contributed by atoms with E-state index >= 15 is 0 Å². The van der Waals surface area contributed by atoms with E-state index in [1.807, 2.05) is 28.0 Å². The van der Waals surface area contributed by atoms with Gasteiger partial charge in [-0.25, -0.2) is 0 Å². The van der Waals surface area contributed by atoms with Gasteiger partial charge in [0, 0.05) is 44.3 Å². The third-order valence-corrected chi connectivity index (χ3v) is 6.37. The molecule has 0 radical (unpaired) electrons. The fourth-order valence-corrected chi connectivity index (χ4v) is 4.75. The van der Waals surface area contributed by atoms with Crippen LogP contribution >= 0.6 is 0 Å². The zero-order valence-electron chi connectivity index (χ0n) is 15.7. The molecule has 2 unspecified atom stereocenters. The van der Waals surface area contributed by atoms with E-state index in [1.54, 1.807) is 0 Å². The van der Waals surface area contributed by atoms with Gasteiger partial charge in [0.05, 0.1) is 5.92 Å². The Hall–Kier alpha value is -1.88. The zero-order valence-corrected chi connectivity index (χ0v) is 15.7. The number of rotatable bonds is 2. The molecule has 4 rings (SSSR count). The molecule has 1 saturated heterocycles. The van der Waals surface area contributed by atoms with Crippen molar-refractivity contribution in [1.29, 1.82) is 0 Å². The summed E-state index contributed by atoms with van der Waals surface area (Å²) in [5.41, 5.74) is 2.30. The lowest BCUT2D eigenvalue weighted by Gasteiger charge is -2.38. The van der Waals surface area contributed by atoms with Gasteiger partial charge in [-0.1, -0.05) is 31.0 Å². The molecule has 26 heavy (non-hydrogen) atoms. The van der Waals surface area contributed by atoms with E-state index in [1.165, 1.54) is 5.56 Å². The van der Waals surface area contributed by atoms with E-state index in [4.69, 9.17) is 0 Å². The maximum absolute atomic E-state index is 13.4. The minimum absolute atomic E-state index is 0.132. The smallest absolute Gasteiger partial charge is 0.230 e. The van der Waals surface area contributed by atoms with Crippen LogP contribution in [0.3, 0.4) is 0 Å². The van der Waals surface area contributed by atoms with Crippen LogP contribution in [0.4, 0.5) is 5.69 Å². The normalized spacial score (nSPS) is 26.7. The van der Waals surface area contributed by atoms with Crippen molar-refractivity contribution in [3.8, 4) is 0 Å². The summed E-state index contributed by atoms with van der Waals surface area (Å²) in [6, 6.07) is 8.18. The van der Waals surface area contributed by atoms with Crippen molar-refractivity contribution in [3.05, 3.63) is 29.8 Å². The Kier molecular flexibility index (Phi) is 4.98. The quantitative estimate of drug-likeness (QED) is 0.817. The Morgan fingerprint density at radius 3 is 2.27 bits per heavy atom. The van der Waals surface area contributed by atoms with Crippen molar-refractivity contribution in [2.24, 2.45) is 11.8 Å². The van der Waals surface area contributed by atoms with E-state index in [9.17, 15) is 9.59 Å². The Labute approximate surface area is 155 Å². The van der Waals surface area contributed by atoms with Crippen molar-refractivity contribution in [1.82, 2.24) is 9.80 Å². The monoisotopic (exact) mass is 355 g/mol. The topological polar surface area (TPSA) is 43.9 Å². The fraction of sp³-hybridized carbons (Fsp3) is 0.619. The van der Waals surface area contributed by atoms with Crippen LogP contribution in [0.5, 0.6) is 0 Å². The van der Waals surface area contributed by atoms with Gasteiger partial charge in [-0.15, -0.1) is 0 Å². The van der Waals surface area contributed by atoms with Gasteiger partial charge < -0.3 is 14.7 Å². The van der Waals surface area contributed by atoms with E-state index in [2.05, 4.69) is 18.0 Å². The van der Waals surface area contributed by atoms with Crippen molar-refractivity contribution in [3.63, 3.8) is 0 Å².